The van der Waals surface area contributed by atoms with Crippen molar-refractivity contribution in [2.45, 2.75) is 0 Å². The van der Waals surface area contributed by atoms with Crippen LogP contribution in [0.25, 0.3) is 16.5 Å². The van der Waals surface area contributed by atoms with Crippen molar-refractivity contribution in [3.63, 3.8) is 0 Å². The quantitative estimate of drug-likeness (QED) is 0.564. The predicted octanol–water partition coefficient (Wildman–Crippen LogP) is 0.883. The van der Waals surface area contributed by atoms with E-state index in [4.69, 9.17) is 0 Å². The minimum absolute atomic E-state index is 0. The molecule has 0 amide bonds. The number of rotatable bonds is 1. The summed E-state index contributed by atoms with van der Waals surface area (Å²) in [6, 6.07) is 18.8. The predicted molar refractivity (Wildman–Crippen MR) is 73.2 cm³/mol. The Labute approximate surface area is 125 Å². The molecule has 0 N–H and O–H groups in total. The van der Waals surface area contributed by atoms with E-state index in [0.29, 0.717) is 0 Å². The zero-order valence-corrected chi connectivity index (χ0v) is 12.7. The normalized spacial score (nSPS) is 10.1. The number of fused-ring (bicyclic) bond motifs is 1. The molecule has 1 nitrogen and oxygen atoms in total. The van der Waals surface area contributed by atoms with E-state index < -0.39 is 0 Å². The number of hydrogen-bond donors (Lipinski definition) is 0. The van der Waals surface area contributed by atoms with Gasteiger partial charge in [0, 0.05) is 28.1 Å². The third-order valence-corrected chi connectivity index (χ3v) is 3.34. The maximum atomic E-state index is 3.45. The average molecular weight is 365 g/mol. The van der Waals surface area contributed by atoms with Gasteiger partial charge in [0.2, 0.25) is 5.69 Å². The summed E-state index contributed by atoms with van der Waals surface area (Å²) >= 11 is 3.45. The fourth-order valence-corrected chi connectivity index (χ4v) is 2.17. The van der Waals surface area contributed by atoms with Crippen molar-refractivity contribution in [1.29, 1.82) is 0 Å². The molecule has 0 aliphatic rings. The van der Waals surface area contributed by atoms with Crippen molar-refractivity contribution < 1.29 is 21.5 Å². The van der Waals surface area contributed by atoms with Crippen molar-refractivity contribution in [2.24, 2.45) is 0 Å². The number of pyridine rings is 1. The summed E-state index contributed by atoms with van der Waals surface area (Å²) in [5, 5.41) is 2.51. The molecule has 0 radical (unpaired) electrons. The van der Waals surface area contributed by atoms with Gasteiger partial charge in [-0.25, -0.2) is 0 Å². The van der Waals surface area contributed by atoms with E-state index in [1.54, 1.807) is 0 Å². The lowest BCUT2D eigenvalue weighted by molar-refractivity contribution is -0.594. The highest BCUT2D eigenvalue weighted by molar-refractivity contribution is 9.10. The lowest BCUT2D eigenvalue weighted by atomic mass is 10.2. The van der Waals surface area contributed by atoms with Crippen LogP contribution in [0, 0.1) is 0 Å². The van der Waals surface area contributed by atoms with Gasteiger partial charge < -0.3 is 17.0 Å². The summed E-state index contributed by atoms with van der Waals surface area (Å²) in [6.07, 6.45) is 4.24. The first kappa shape index (κ1) is 13.2. The van der Waals surface area contributed by atoms with Crippen LogP contribution in [0.2, 0.25) is 0 Å². The van der Waals surface area contributed by atoms with Gasteiger partial charge in [-0.3, -0.25) is 0 Å². The largest absolute Gasteiger partial charge is 1.00 e. The highest BCUT2D eigenvalue weighted by Gasteiger charge is 2.06. The van der Waals surface area contributed by atoms with Crippen LogP contribution in [-0.2, 0) is 0 Å². The smallest absolute Gasteiger partial charge is 0.210 e. The van der Waals surface area contributed by atoms with Crippen LogP contribution in [0.5, 0.6) is 0 Å². The molecule has 1 aromatic heterocycles. The average Bonchev–Trinajstić information content (AvgIpc) is 2.39. The summed E-state index contributed by atoms with van der Waals surface area (Å²) < 4.78 is 3.23. The minimum atomic E-state index is 0. The van der Waals surface area contributed by atoms with Crippen LogP contribution in [0.4, 0.5) is 0 Å². The Balaban J connectivity index is 0.00000120. The molecule has 18 heavy (non-hydrogen) atoms. The second kappa shape index (κ2) is 5.63. The molecule has 0 atom stereocenters. The van der Waals surface area contributed by atoms with Gasteiger partial charge in [-0.05, 0) is 23.6 Å². The Kier molecular flexibility index (Phi) is 4.15. The first-order valence-electron chi connectivity index (χ1n) is 5.49. The zero-order chi connectivity index (χ0) is 11.7. The van der Waals surface area contributed by atoms with E-state index in [1.807, 2.05) is 0 Å². The second-order valence-electron chi connectivity index (χ2n) is 3.96. The van der Waals surface area contributed by atoms with Crippen LogP contribution >= 0.6 is 15.9 Å². The molecule has 0 bridgehead atoms. The maximum absolute atomic E-state index is 3.45. The van der Waals surface area contributed by atoms with Crippen molar-refractivity contribution >= 4 is 26.7 Å². The van der Waals surface area contributed by atoms with Gasteiger partial charge in [0.1, 0.15) is 0 Å². The Hall–Kier alpha value is -1.19. The van der Waals surface area contributed by atoms with Crippen molar-refractivity contribution in [2.75, 3.05) is 0 Å². The molecule has 1 heterocycles. The molecule has 0 fully saturated rings. The summed E-state index contributed by atoms with van der Waals surface area (Å²) in [6.45, 7) is 0. The SMILES string of the molecule is Brc1ccc(-[n+]2ccc3ccccc3c2)cc1.[Br-]. The Morgan fingerprint density at radius 1 is 0.778 bits per heavy atom. The zero-order valence-electron chi connectivity index (χ0n) is 9.55. The van der Waals surface area contributed by atoms with Gasteiger partial charge in [0.05, 0.1) is 0 Å². The molecule has 0 saturated carbocycles. The van der Waals surface area contributed by atoms with Crippen LogP contribution in [0.1, 0.15) is 0 Å². The first-order valence-corrected chi connectivity index (χ1v) is 6.28. The molecule has 3 rings (SSSR count). The first-order chi connectivity index (χ1) is 8.33. The Morgan fingerprint density at radius 2 is 1.44 bits per heavy atom. The lowest BCUT2D eigenvalue weighted by Crippen LogP contribution is -3.00. The minimum Gasteiger partial charge on any atom is -1.00 e. The van der Waals surface area contributed by atoms with Crippen molar-refractivity contribution in [3.8, 4) is 5.69 Å². The molecule has 0 aliphatic carbocycles. The molecular weight excluding hydrogens is 354 g/mol. The van der Waals surface area contributed by atoms with Crippen LogP contribution in [-0.4, -0.2) is 0 Å². The van der Waals surface area contributed by atoms with E-state index >= 15 is 0 Å². The molecule has 3 aromatic rings. The summed E-state index contributed by atoms with van der Waals surface area (Å²) in [5.74, 6) is 0. The van der Waals surface area contributed by atoms with Gasteiger partial charge in [-0.15, -0.1) is 0 Å². The van der Waals surface area contributed by atoms with E-state index in [9.17, 15) is 0 Å². The maximum Gasteiger partial charge on any atom is 0.210 e. The molecule has 0 unspecified atom stereocenters. The van der Waals surface area contributed by atoms with Crippen LogP contribution in [0.3, 0.4) is 0 Å². The second-order valence-corrected chi connectivity index (χ2v) is 4.87. The number of halogens is 2. The Bertz CT molecular complexity index is 663. The number of hydrogen-bond acceptors (Lipinski definition) is 0. The molecule has 0 aliphatic heterocycles. The van der Waals surface area contributed by atoms with Gasteiger partial charge in [0.15, 0.2) is 12.4 Å². The van der Waals surface area contributed by atoms with E-state index in [0.717, 1.165) is 4.47 Å². The highest BCUT2D eigenvalue weighted by atomic mass is 79.9. The molecular formula is C15H11Br2N. The van der Waals surface area contributed by atoms with Crippen LogP contribution in [0.15, 0.2) is 71.5 Å². The summed E-state index contributed by atoms with van der Waals surface area (Å²) in [4.78, 5) is 0. The van der Waals surface area contributed by atoms with Gasteiger partial charge in [-0.2, -0.15) is 4.57 Å². The van der Waals surface area contributed by atoms with Gasteiger partial charge in [0.25, 0.3) is 0 Å². The fourth-order valence-electron chi connectivity index (χ4n) is 1.91. The van der Waals surface area contributed by atoms with Gasteiger partial charge >= 0.3 is 0 Å². The number of benzene rings is 2. The molecule has 90 valence electrons. The third kappa shape index (κ3) is 2.62. The van der Waals surface area contributed by atoms with E-state index in [-0.39, 0.29) is 17.0 Å². The highest BCUT2D eigenvalue weighted by Crippen LogP contribution is 2.13. The van der Waals surface area contributed by atoms with Crippen molar-refractivity contribution in [1.82, 2.24) is 0 Å². The Morgan fingerprint density at radius 3 is 2.17 bits per heavy atom. The number of aromatic nitrogens is 1. The summed E-state index contributed by atoms with van der Waals surface area (Å²) in [5.41, 5.74) is 1.17. The number of nitrogens with zero attached hydrogens (tertiary/aromatic N) is 1. The van der Waals surface area contributed by atoms with Crippen LogP contribution < -0.4 is 21.5 Å². The van der Waals surface area contributed by atoms with Gasteiger partial charge in [-0.1, -0.05) is 34.1 Å². The molecule has 0 spiro atoms. The lowest BCUT2D eigenvalue weighted by Gasteiger charge is -1.98. The standard InChI is InChI=1S/C15H11BrN.BrH/c16-14-5-7-15(8-6-14)17-10-9-12-3-1-2-4-13(12)11-17;/h1-11H;1H/q+1;/p-1. The molecule has 3 heteroatoms. The van der Waals surface area contributed by atoms with Crippen molar-refractivity contribution in [3.05, 3.63) is 71.5 Å². The fraction of sp³-hybridized carbons (Fsp3) is 0. The summed E-state index contributed by atoms with van der Waals surface area (Å²) in [7, 11) is 0. The van der Waals surface area contributed by atoms with E-state index in [2.05, 4.69) is 87.5 Å². The molecule has 2 aromatic carbocycles. The molecule has 0 saturated heterocycles. The van der Waals surface area contributed by atoms with E-state index in [1.165, 1.54) is 16.5 Å². The topological polar surface area (TPSA) is 3.88 Å². The monoisotopic (exact) mass is 363 g/mol. The third-order valence-electron chi connectivity index (χ3n) is 2.81.